The van der Waals surface area contributed by atoms with Crippen LogP contribution >= 0.6 is 0 Å². The highest BCUT2D eigenvalue weighted by molar-refractivity contribution is 6.24. The van der Waals surface area contributed by atoms with Gasteiger partial charge in [-0.1, -0.05) is 65.3 Å². The monoisotopic (exact) mass is 644 g/mol. The fraction of sp³-hybridized carbons (Fsp3) is 0.474. The Morgan fingerprint density at radius 1 is 1.02 bits per heavy atom. The Morgan fingerprint density at radius 2 is 1.64 bits per heavy atom. The van der Waals surface area contributed by atoms with Crippen LogP contribution in [-0.4, -0.2) is 49.3 Å². The van der Waals surface area contributed by atoms with E-state index in [2.05, 4.69) is 0 Å². The number of aromatic hydroxyl groups is 1. The molecule has 1 unspecified atom stereocenters. The highest BCUT2D eigenvalue weighted by Crippen LogP contribution is 2.65. The van der Waals surface area contributed by atoms with Crippen molar-refractivity contribution in [3.05, 3.63) is 75.1 Å². The fourth-order valence-corrected chi connectivity index (χ4v) is 8.60. The predicted molar refractivity (Wildman–Crippen MR) is 175 cm³/mol. The van der Waals surface area contributed by atoms with Gasteiger partial charge in [0.15, 0.2) is 17.2 Å². The van der Waals surface area contributed by atoms with E-state index in [-0.39, 0.29) is 48.5 Å². The van der Waals surface area contributed by atoms with Gasteiger partial charge >= 0.3 is 5.97 Å². The molecule has 0 bridgehead atoms. The quantitative estimate of drug-likeness (QED) is 0.157. The highest BCUT2D eigenvalue weighted by Gasteiger charge is 2.72. The van der Waals surface area contributed by atoms with E-state index in [9.17, 15) is 39.6 Å². The molecular formula is C38H44O9. The SMILES string of the molecule is CC(=O)C1=C(O)[C@]2(O)C(=O)C3=C(O)c4c(O)c(CCC(=O)Oc5ccc(C)cc5)cc(C(C)C)c4C[C@]3(C)C[C@]2(C)C(C(C)C)C1=O. The van der Waals surface area contributed by atoms with Gasteiger partial charge in [0.25, 0.3) is 0 Å². The summed E-state index contributed by atoms with van der Waals surface area (Å²) < 4.78 is 5.45. The van der Waals surface area contributed by atoms with Gasteiger partial charge in [-0.25, -0.2) is 0 Å². The van der Waals surface area contributed by atoms with Crippen molar-refractivity contribution < 1.29 is 44.3 Å². The van der Waals surface area contributed by atoms with E-state index in [4.69, 9.17) is 4.74 Å². The molecule has 0 heterocycles. The summed E-state index contributed by atoms with van der Waals surface area (Å²) in [6.45, 7) is 13.9. The van der Waals surface area contributed by atoms with Crippen molar-refractivity contribution in [2.75, 3.05) is 0 Å². The number of benzene rings is 2. The normalized spacial score (nSPS) is 27.2. The van der Waals surface area contributed by atoms with Crippen molar-refractivity contribution in [1.82, 2.24) is 0 Å². The third-order valence-electron chi connectivity index (χ3n) is 10.6. The topological polar surface area (TPSA) is 158 Å². The second-order valence-electron chi connectivity index (χ2n) is 14.7. The first-order chi connectivity index (χ1) is 21.8. The molecule has 4 atom stereocenters. The van der Waals surface area contributed by atoms with E-state index in [1.807, 2.05) is 39.0 Å². The van der Waals surface area contributed by atoms with Crippen molar-refractivity contribution in [1.29, 1.82) is 0 Å². The first kappa shape index (κ1) is 34.1. The molecule has 0 aromatic heterocycles. The molecule has 1 saturated carbocycles. The molecule has 3 aliphatic rings. The van der Waals surface area contributed by atoms with Crippen LogP contribution in [0.15, 0.2) is 47.2 Å². The van der Waals surface area contributed by atoms with Gasteiger partial charge in [0.1, 0.15) is 28.6 Å². The Kier molecular flexibility index (Phi) is 8.33. The predicted octanol–water partition coefficient (Wildman–Crippen LogP) is 6.16. The minimum absolute atomic E-state index is 0.0236. The number of esters is 1. The molecule has 0 spiro atoms. The lowest BCUT2D eigenvalue weighted by atomic mass is 9.43. The number of phenols is 1. The summed E-state index contributed by atoms with van der Waals surface area (Å²) in [5.41, 5.74) is -3.23. The number of ether oxygens (including phenoxy) is 1. The Bertz CT molecular complexity index is 1780. The Balaban J connectivity index is 1.64. The number of rotatable bonds is 7. The summed E-state index contributed by atoms with van der Waals surface area (Å²) in [4.78, 5) is 53.6. The van der Waals surface area contributed by atoms with Gasteiger partial charge in [0, 0.05) is 22.3 Å². The summed E-state index contributed by atoms with van der Waals surface area (Å²) in [6.07, 6.45) is 0.235. The first-order valence-corrected chi connectivity index (χ1v) is 16.1. The lowest BCUT2D eigenvalue weighted by molar-refractivity contribution is -0.178. The number of carbonyl (C=O) groups excluding carboxylic acids is 4. The Hall–Kier alpha value is -4.24. The number of aliphatic hydroxyl groups excluding tert-OH is 2. The summed E-state index contributed by atoms with van der Waals surface area (Å²) in [5, 5.41) is 47.2. The number of fused-ring (bicyclic) bond motifs is 3. The van der Waals surface area contributed by atoms with Crippen LogP contribution in [0.5, 0.6) is 11.5 Å². The second kappa shape index (κ2) is 11.5. The molecule has 3 aliphatic carbocycles. The van der Waals surface area contributed by atoms with Crippen LogP contribution in [-0.2, 0) is 32.0 Å². The average molecular weight is 645 g/mol. The zero-order chi connectivity index (χ0) is 35.0. The van der Waals surface area contributed by atoms with Gasteiger partial charge in [-0.05, 0) is 73.8 Å². The van der Waals surface area contributed by atoms with Crippen molar-refractivity contribution in [3.63, 3.8) is 0 Å². The van der Waals surface area contributed by atoms with Gasteiger partial charge in [-0.15, -0.1) is 0 Å². The number of carbonyl (C=O) groups is 4. The summed E-state index contributed by atoms with van der Waals surface area (Å²) in [6, 6.07) is 8.86. The van der Waals surface area contributed by atoms with E-state index in [0.717, 1.165) is 18.1 Å². The minimum Gasteiger partial charge on any atom is -0.508 e. The number of hydrogen-bond donors (Lipinski definition) is 4. The molecule has 0 radical (unpaired) electrons. The van der Waals surface area contributed by atoms with Gasteiger partial charge in [0.2, 0.25) is 5.78 Å². The highest BCUT2D eigenvalue weighted by atomic mass is 16.5. The van der Waals surface area contributed by atoms with E-state index >= 15 is 0 Å². The molecular weight excluding hydrogens is 600 g/mol. The van der Waals surface area contributed by atoms with Crippen LogP contribution in [0.1, 0.15) is 95.0 Å². The maximum absolute atomic E-state index is 14.6. The van der Waals surface area contributed by atoms with Crippen molar-refractivity contribution in [2.24, 2.45) is 22.7 Å². The van der Waals surface area contributed by atoms with Crippen LogP contribution in [0.2, 0.25) is 0 Å². The van der Waals surface area contributed by atoms with Gasteiger partial charge < -0.3 is 25.2 Å². The lowest BCUT2D eigenvalue weighted by Gasteiger charge is -2.60. The van der Waals surface area contributed by atoms with Crippen LogP contribution in [0.4, 0.5) is 0 Å². The van der Waals surface area contributed by atoms with Gasteiger partial charge in [-0.3, -0.25) is 19.2 Å². The molecule has 1 fully saturated rings. The summed E-state index contributed by atoms with van der Waals surface area (Å²) >= 11 is 0. The number of hydrogen-bond acceptors (Lipinski definition) is 9. The standard InChI is InChI=1S/C38H44O9/c1-18(2)24-15-22(11-14-26(40)47-23-12-9-20(5)10-13-23)31(41)28-25(24)16-36(7)17-37(8)29(19(3)4)32(42)27(21(6)39)34(44)38(37,46)35(45)30(36)33(28)43/h9-10,12-13,15,18-19,29,41,43-44,46H,11,14,16-17H2,1-8H3/t29?,36-,37-,38+/m1/s1. The maximum Gasteiger partial charge on any atom is 0.311 e. The second-order valence-corrected chi connectivity index (χ2v) is 14.7. The van der Waals surface area contributed by atoms with Crippen molar-refractivity contribution in [2.45, 2.75) is 92.6 Å². The lowest BCUT2D eigenvalue weighted by Crippen LogP contribution is -2.69. The number of aryl methyl sites for hydroxylation is 2. The van der Waals surface area contributed by atoms with E-state index in [1.54, 1.807) is 39.8 Å². The van der Waals surface area contributed by atoms with Crippen LogP contribution < -0.4 is 4.74 Å². The molecule has 5 rings (SSSR count). The number of aliphatic hydroxyl groups is 3. The van der Waals surface area contributed by atoms with Gasteiger partial charge in [-0.2, -0.15) is 0 Å². The molecule has 47 heavy (non-hydrogen) atoms. The Labute approximate surface area is 275 Å². The average Bonchev–Trinajstić information content (AvgIpc) is 2.95. The third kappa shape index (κ3) is 5.01. The summed E-state index contributed by atoms with van der Waals surface area (Å²) in [5.74, 6) is -5.79. The molecule has 0 aliphatic heterocycles. The number of phenolic OH excluding ortho intramolecular Hbond substituents is 1. The van der Waals surface area contributed by atoms with Crippen LogP contribution in [0, 0.1) is 29.6 Å². The molecule has 9 nitrogen and oxygen atoms in total. The molecule has 250 valence electrons. The molecule has 2 aromatic rings. The molecule has 0 saturated heterocycles. The first-order valence-electron chi connectivity index (χ1n) is 16.1. The zero-order valence-electron chi connectivity index (χ0n) is 28.3. The zero-order valence-corrected chi connectivity index (χ0v) is 28.3. The van der Waals surface area contributed by atoms with E-state index < -0.39 is 68.7 Å². The Morgan fingerprint density at radius 3 is 2.19 bits per heavy atom. The number of allylic oxidation sites excluding steroid dienone is 1. The van der Waals surface area contributed by atoms with E-state index in [0.29, 0.717) is 16.9 Å². The maximum atomic E-state index is 14.6. The molecule has 4 N–H and O–H groups in total. The van der Waals surface area contributed by atoms with Crippen LogP contribution in [0.3, 0.4) is 0 Å². The minimum atomic E-state index is -2.68. The van der Waals surface area contributed by atoms with E-state index in [1.165, 1.54) is 0 Å². The van der Waals surface area contributed by atoms with Crippen LogP contribution in [0.25, 0.3) is 5.76 Å². The fourth-order valence-electron chi connectivity index (χ4n) is 8.60. The molecule has 2 aromatic carbocycles. The van der Waals surface area contributed by atoms with Gasteiger partial charge in [0.05, 0.1) is 12.0 Å². The third-order valence-corrected chi connectivity index (χ3v) is 10.6. The number of ketones is 3. The smallest absolute Gasteiger partial charge is 0.311 e. The number of Topliss-reactive ketones (excluding diaryl/α,β-unsaturated/α-hetero) is 3. The van der Waals surface area contributed by atoms with Crippen molar-refractivity contribution in [3.8, 4) is 11.5 Å². The molecule has 9 heteroatoms. The summed E-state index contributed by atoms with van der Waals surface area (Å²) in [7, 11) is 0. The largest absolute Gasteiger partial charge is 0.508 e. The molecule has 0 amide bonds. The van der Waals surface area contributed by atoms with Crippen molar-refractivity contribution >= 4 is 29.1 Å².